The first-order chi connectivity index (χ1) is 11.3. The monoisotopic (exact) mass is 326 g/mol. The number of methoxy groups -OCH3 is 1. The molecule has 0 radical (unpaired) electrons. The van der Waals surface area contributed by atoms with Crippen molar-refractivity contribution in [3.63, 3.8) is 0 Å². The van der Waals surface area contributed by atoms with Crippen molar-refractivity contribution < 1.29 is 19.1 Å². The summed E-state index contributed by atoms with van der Waals surface area (Å²) in [5.74, 6) is -0.869. The van der Waals surface area contributed by atoms with E-state index in [4.69, 9.17) is 9.47 Å². The number of ether oxygens (including phenoxy) is 2. The number of esters is 2. The second kappa shape index (κ2) is 7.30. The first kappa shape index (κ1) is 17.7. The van der Waals surface area contributed by atoms with Crippen molar-refractivity contribution in [1.82, 2.24) is 0 Å². The Labute approximate surface area is 142 Å². The minimum Gasteiger partial charge on any atom is -0.465 e. The normalized spacial score (nSPS) is 11.0. The summed E-state index contributed by atoms with van der Waals surface area (Å²) in [6.07, 6.45) is 0. The van der Waals surface area contributed by atoms with E-state index in [2.05, 4.69) is 20.8 Å². The highest BCUT2D eigenvalue weighted by Gasteiger charge is 2.16. The Hall–Kier alpha value is -2.62. The zero-order chi connectivity index (χ0) is 17.7. The van der Waals surface area contributed by atoms with Crippen molar-refractivity contribution >= 4 is 11.9 Å². The molecule has 2 aromatic rings. The summed E-state index contributed by atoms with van der Waals surface area (Å²) in [6.45, 7) is 6.36. The molecule has 2 rings (SSSR count). The number of rotatable bonds is 4. The summed E-state index contributed by atoms with van der Waals surface area (Å²) in [5.41, 5.74) is 2.68. The first-order valence-electron chi connectivity index (χ1n) is 7.77. The Bertz CT molecular complexity index is 724. The summed E-state index contributed by atoms with van der Waals surface area (Å²) in [4.78, 5) is 23.9. The Kier molecular flexibility index (Phi) is 5.39. The predicted molar refractivity (Wildman–Crippen MR) is 92.0 cm³/mol. The van der Waals surface area contributed by atoms with Crippen molar-refractivity contribution in [3.8, 4) is 0 Å². The van der Waals surface area contributed by atoms with Crippen molar-refractivity contribution in [2.75, 3.05) is 7.11 Å². The highest BCUT2D eigenvalue weighted by molar-refractivity contribution is 5.91. The van der Waals surface area contributed by atoms with E-state index >= 15 is 0 Å². The van der Waals surface area contributed by atoms with Gasteiger partial charge in [0.15, 0.2) is 0 Å². The van der Waals surface area contributed by atoms with E-state index in [1.807, 2.05) is 12.1 Å². The second-order valence-corrected chi connectivity index (χ2v) is 6.55. The van der Waals surface area contributed by atoms with Crippen LogP contribution in [0.4, 0.5) is 0 Å². The zero-order valence-corrected chi connectivity index (χ0v) is 14.5. The van der Waals surface area contributed by atoms with E-state index < -0.39 is 11.9 Å². The Morgan fingerprint density at radius 3 is 2.12 bits per heavy atom. The van der Waals surface area contributed by atoms with Crippen LogP contribution < -0.4 is 0 Å². The van der Waals surface area contributed by atoms with Crippen LogP contribution in [0.25, 0.3) is 0 Å². The number of hydrogen-bond donors (Lipinski definition) is 0. The van der Waals surface area contributed by atoms with Crippen LogP contribution in [0, 0.1) is 0 Å². The third-order valence-electron chi connectivity index (χ3n) is 3.77. The molecule has 2 aromatic carbocycles. The molecule has 0 bridgehead atoms. The van der Waals surface area contributed by atoms with Gasteiger partial charge in [-0.25, -0.2) is 9.59 Å². The fraction of sp³-hybridized carbons (Fsp3) is 0.300. The molecule has 0 aliphatic rings. The first-order valence-corrected chi connectivity index (χ1v) is 7.77. The molecular formula is C20H22O4. The minimum absolute atomic E-state index is 0.0190. The maximum Gasteiger partial charge on any atom is 0.338 e. The molecule has 0 spiro atoms. The predicted octanol–water partition coefficient (Wildman–Crippen LogP) is 4.13. The van der Waals surface area contributed by atoms with Crippen LogP contribution in [-0.2, 0) is 21.5 Å². The molecule has 0 saturated carbocycles. The van der Waals surface area contributed by atoms with Crippen LogP contribution in [0.3, 0.4) is 0 Å². The van der Waals surface area contributed by atoms with Crippen molar-refractivity contribution in [1.29, 1.82) is 0 Å². The largest absolute Gasteiger partial charge is 0.465 e. The van der Waals surface area contributed by atoms with Gasteiger partial charge in [-0.15, -0.1) is 0 Å². The van der Waals surface area contributed by atoms with Gasteiger partial charge in [-0.05, 0) is 29.2 Å². The van der Waals surface area contributed by atoms with Gasteiger partial charge in [-0.3, -0.25) is 0 Å². The molecule has 126 valence electrons. The summed E-state index contributed by atoms with van der Waals surface area (Å²) in [5, 5.41) is 0. The Morgan fingerprint density at radius 1 is 0.917 bits per heavy atom. The third-order valence-corrected chi connectivity index (χ3v) is 3.77. The molecule has 24 heavy (non-hydrogen) atoms. The summed E-state index contributed by atoms with van der Waals surface area (Å²) in [6, 6.07) is 14.3. The number of carbonyl (C=O) groups excluding carboxylic acids is 2. The van der Waals surface area contributed by atoms with Crippen LogP contribution >= 0.6 is 0 Å². The highest BCUT2D eigenvalue weighted by atomic mass is 16.5. The average Bonchev–Trinajstić information content (AvgIpc) is 2.58. The third kappa shape index (κ3) is 4.22. The lowest BCUT2D eigenvalue weighted by Crippen LogP contribution is -2.12. The van der Waals surface area contributed by atoms with Gasteiger partial charge >= 0.3 is 11.9 Å². The van der Waals surface area contributed by atoms with E-state index in [-0.39, 0.29) is 12.0 Å². The van der Waals surface area contributed by atoms with E-state index in [9.17, 15) is 9.59 Å². The van der Waals surface area contributed by atoms with Gasteiger partial charge in [0.05, 0.1) is 18.2 Å². The maximum atomic E-state index is 12.2. The summed E-state index contributed by atoms with van der Waals surface area (Å²) < 4.78 is 10.1. The van der Waals surface area contributed by atoms with Gasteiger partial charge in [0.25, 0.3) is 0 Å². The summed E-state index contributed by atoms with van der Waals surface area (Å²) >= 11 is 0. The standard InChI is InChI=1S/C20H22O4/c1-20(2,3)16-11-9-14(10-12-16)18(21)24-13-15-7-5-6-8-17(15)19(22)23-4/h5-12H,13H2,1-4H3. The van der Waals surface area contributed by atoms with Gasteiger partial charge in [0.2, 0.25) is 0 Å². The fourth-order valence-electron chi connectivity index (χ4n) is 2.29. The molecule has 0 amide bonds. The molecule has 0 heterocycles. The Morgan fingerprint density at radius 2 is 1.54 bits per heavy atom. The highest BCUT2D eigenvalue weighted by Crippen LogP contribution is 2.22. The Balaban J connectivity index is 2.08. The lowest BCUT2D eigenvalue weighted by atomic mass is 9.87. The van der Waals surface area contributed by atoms with Gasteiger partial charge < -0.3 is 9.47 Å². The van der Waals surface area contributed by atoms with Gasteiger partial charge in [-0.1, -0.05) is 51.1 Å². The van der Waals surface area contributed by atoms with Crippen molar-refractivity contribution in [2.45, 2.75) is 32.8 Å². The molecule has 0 N–H and O–H groups in total. The quantitative estimate of drug-likeness (QED) is 0.793. The molecule has 0 aliphatic heterocycles. The van der Waals surface area contributed by atoms with Crippen LogP contribution in [0.1, 0.15) is 52.6 Å². The van der Waals surface area contributed by atoms with Crippen LogP contribution in [0.2, 0.25) is 0 Å². The molecule has 0 aliphatic carbocycles. The van der Waals surface area contributed by atoms with Gasteiger partial charge in [0, 0.05) is 5.56 Å². The summed E-state index contributed by atoms with van der Waals surface area (Å²) in [7, 11) is 1.32. The van der Waals surface area contributed by atoms with Gasteiger partial charge in [0.1, 0.15) is 6.61 Å². The number of benzene rings is 2. The number of carbonyl (C=O) groups is 2. The second-order valence-electron chi connectivity index (χ2n) is 6.55. The van der Waals surface area contributed by atoms with Crippen molar-refractivity contribution in [3.05, 3.63) is 70.8 Å². The van der Waals surface area contributed by atoms with E-state index in [1.165, 1.54) is 7.11 Å². The fourth-order valence-corrected chi connectivity index (χ4v) is 2.29. The smallest absolute Gasteiger partial charge is 0.338 e. The van der Waals surface area contributed by atoms with Crippen LogP contribution in [0.5, 0.6) is 0 Å². The van der Waals surface area contributed by atoms with E-state index in [1.54, 1.807) is 36.4 Å². The molecule has 0 unspecified atom stereocenters. The van der Waals surface area contributed by atoms with Crippen molar-refractivity contribution in [2.24, 2.45) is 0 Å². The molecule has 0 fully saturated rings. The van der Waals surface area contributed by atoms with Crippen LogP contribution in [-0.4, -0.2) is 19.0 Å². The molecule has 0 atom stereocenters. The lowest BCUT2D eigenvalue weighted by molar-refractivity contribution is 0.0461. The van der Waals surface area contributed by atoms with E-state index in [0.717, 1.165) is 5.56 Å². The SMILES string of the molecule is COC(=O)c1ccccc1COC(=O)c1ccc(C(C)(C)C)cc1. The molecule has 0 saturated heterocycles. The molecule has 0 aromatic heterocycles. The average molecular weight is 326 g/mol. The maximum absolute atomic E-state index is 12.2. The zero-order valence-electron chi connectivity index (χ0n) is 14.5. The van der Waals surface area contributed by atoms with Crippen LogP contribution in [0.15, 0.2) is 48.5 Å². The van der Waals surface area contributed by atoms with Gasteiger partial charge in [-0.2, -0.15) is 0 Å². The topological polar surface area (TPSA) is 52.6 Å². The molecule has 4 heteroatoms. The van der Waals surface area contributed by atoms with E-state index in [0.29, 0.717) is 16.7 Å². The molecular weight excluding hydrogens is 304 g/mol. The lowest BCUT2D eigenvalue weighted by Gasteiger charge is -2.19. The minimum atomic E-state index is -0.448. The molecule has 4 nitrogen and oxygen atoms in total. The number of hydrogen-bond acceptors (Lipinski definition) is 4.